The van der Waals surface area contributed by atoms with Gasteiger partial charge in [0.1, 0.15) is 0 Å². The van der Waals surface area contributed by atoms with Crippen LogP contribution in [0.25, 0.3) is 16.8 Å². The van der Waals surface area contributed by atoms with Gasteiger partial charge in [-0.25, -0.2) is 4.52 Å². The highest BCUT2D eigenvalue weighted by Gasteiger charge is 2.24. The monoisotopic (exact) mass is 462 g/mol. The van der Waals surface area contributed by atoms with Crippen LogP contribution in [-0.4, -0.2) is 52.5 Å². The van der Waals surface area contributed by atoms with Gasteiger partial charge in [0.25, 0.3) is 5.91 Å². The third kappa shape index (κ3) is 4.62. The molecular weight excluding hydrogens is 432 g/mol. The summed E-state index contributed by atoms with van der Waals surface area (Å²) in [5, 5.41) is 21.2. The summed E-state index contributed by atoms with van der Waals surface area (Å²) in [6.07, 6.45) is 9.19. The molecule has 0 aliphatic rings. The van der Waals surface area contributed by atoms with Gasteiger partial charge in [-0.3, -0.25) is 14.5 Å². The number of nitrogen functional groups attached to an aromatic ring is 1. The number of nitrogens with zero attached hydrogens (tertiary/aromatic N) is 6. The van der Waals surface area contributed by atoms with Gasteiger partial charge in [0.2, 0.25) is 5.95 Å². The molecule has 4 aromatic heterocycles. The number of aryl methyl sites for hydroxylation is 1. The Morgan fingerprint density at radius 1 is 1.18 bits per heavy atom. The highest BCUT2D eigenvalue weighted by molar-refractivity contribution is 6.01. The fourth-order valence-corrected chi connectivity index (χ4v) is 3.96. The Morgan fingerprint density at radius 2 is 1.94 bits per heavy atom. The number of aliphatic hydroxyl groups is 1. The minimum atomic E-state index is -0.799. The number of nitrogens with one attached hydrogen (secondary N) is 1. The maximum absolute atomic E-state index is 13.1. The number of fused-ring (bicyclic) bond motifs is 1. The number of rotatable bonds is 7. The molecule has 1 atom stereocenters. The fourth-order valence-electron chi connectivity index (χ4n) is 3.96. The fraction of sp³-hybridized carbons (Fsp3) is 0.375. The molecule has 4 N–H and O–H groups in total. The lowest BCUT2D eigenvalue weighted by Gasteiger charge is -2.23. The van der Waals surface area contributed by atoms with Crippen LogP contribution in [0, 0.1) is 12.8 Å². The van der Waals surface area contributed by atoms with Crippen molar-refractivity contribution in [3.05, 3.63) is 59.8 Å². The number of carbonyl (C=O) groups is 1. The van der Waals surface area contributed by atoms with E-state index in [4.69, 9.17) is 5.73 Å². The van der Waals surface area contributed by atoms with Gasteiger partial charge >= 0.3 is 0 Å². The van der Waals surface area contributed by atoms with Crippen molar-refractivity contribution in [1.82, 2.24) is 34.7 Å². The number of pyridine rings is 2. The van der Waals surface area contributed by atoms with E-state index in [-0.39, 0.29) is 30.4 Å². The second-order valence-corrected chi connectivity index (χ2v) is 9.57. The van der Waals surface area contributed by atoms with Crippen LogP contribution in [0.2, 0.25) is 0 Å². The quantitative estimate of drug-likeness (QED) is 0.384. The van der Waals surface area contributed by atoms with Crippen molar-refractivity contribution in [1.29, 1.82) is 0 Å². The molecule has 10 nitrogen and oxygen atoms in total. The Kier molecular flexibility index (Phi) is 6.09. The standard InChI is InChI=1S/C24H30N8O2/c1-14(2)20(16-6-15(3)8-26-9-16)31-12-18(10-27-31)17-7-19(22(34)29-24(4,5)13-33)21-28-23(25)30-32(21)11-17/h6-12,14,20,33H,13H2,1-5H3,(H2,25,30)(H,29,34). The predicted octanol–water partition coefficient (Wildman–Crippen LogP) is 2.62. The molecule has 0 aromatic carbocycles. The first-order valence-electron chi connectivity index (χ1n) is 11.1. The van der Waals surface area contributed by atoms with E-state index in [1.54, 1.807) is 32.3 Å². The molecule has 4 rings (SSSR count). The van der Waals surface area contributed by atoms with Crippen LogP contribution >= 0.6 is 0 Å². The average Bonchev–Trinajstić information content (AvgIpc) is 3.38. The molecule has 0 aliphatic heterocycles. The number of nitrogens with two attached hydrogens (primary N) is 1. The van der Waals surface area contributed by atoms with E-state index in [2.05, 4.69) is 45.4 Å². The SMILES string of the molecule is Cc1cncc(C(C(C)C)n2cc(-c3cc(C(=O)NC(C)(C)CO)c4nc(N)nn4c3)cn2)c1. The largest absolute Gasteiger partial charge is 0.394 e. The number of aromatic nitrogens is 6. The maximum Gasteiger partial charge on any atom is 0.255 e. The van der Waals surface area contributed by atoms with E-state index >= 15 is 0 Å². The highest BCUT2D eigenvalue weighted by Crippen LogP contribution is 2.29. The minimum absolute atomic E-state index is 0.0000166. The molecule has 0 fully saturated rings. The normalized spacial score (nSPS) is 12.9. The van der Waals surface area contributed by atoms with Crippen molar-refractivity contribution in [2.24, 2.45) is 5.92 Å². The second kappa shape index (κ2) is 8.86. The molecule has 1 unspecified atom stereocenters. The van der Waals surface area contributed by atoms with Crippen molar-refractivity contribution in [3.8, 4) is 11.1 Å². The van der Waals surface area contributed by atoms with Crippen molar-refractivity contribution in [2.45, 2.75) is 46.2 Å². The summed E-state index contributed by atoms with van der Waals surface area (Å²) >= 11 is 0. The zero-order valence-electron chi connectivity index (χ0n) is 20.0. The van der Waals surface area contributed by atoms with Gasteiger partial charge in [-0.15, -0.1) is 5.10 Å². The van der Waals surface area contributed by atoms with Gasteiger partial charge in [-0.1, -0.05) is 19.9 Å². The highest BCUT2D eigenvalue weighted by atomic mass is 16.3. The molecular formula is C24H30N8O2. The van der Waals surface area contributed by atoms with Crippen LogP contribution in [0.5, 0.6) is 0 Å². The van der Waals surface area contributed by atoms with Crippen molar-refractivity contribution in [2.75, 3.05) is 12.3 Å². The van der Waals surface area contributed by atoms with Crippen molar-refractivity contribution >= 4 is 17.5 Å². The molecule has 0 spiro atoms. The lowest BCUT2D eigenvalue weighted by Crippen LogP contribution is -2.46. The summed E-state index contributed by atoms with van der Waals surface area (Å²) < 4.78 is 3.41. The van der Waals surface area contributed by atoms with E-state index < -0.39 is 5.54 Å². The molecule has 4 aromatic rings. The molecule has 178 valence electrons. The molecule has 10 heteroatoms. The third-order valence-electron chi connectivity index (χ3n) is 5.63. The van der Waals surface area contributed by atoms with E-state index in [9.17, 15) is 9.90 Å². The second-order valence-electron chi connectivity index (χ2n) is 9.57. The summed E-state index contributed by atoms with van der Waals surface area (Å²) in [7, 11) is 0. The number of hydrogen-bond acceptors (Lipinski definition) is 7. The Bertz CT molecular complexity index is 1340. The summed E-state index contributed by atoms with van der Waals surface area (Å²) in [6.45, 7) is 9.57. The Hall–Kier alpha value is -3.79. The van der Waals surface area contributed by atoms with Gasteiger partial charge in [0.05, 0.1) is 29.9 Å². The third-order valence-corrected chi connectivity index (χ3v) is 5.63. The molecule has 1 amide bonds. The molecule has 4 heterocycles. The predicted molar refractivity (Wildman–Crippen MR) is 129 cm³/mol. The molecule has 34 heavy (non-hydrogen) atoms. The molecule has 0 saturated heterocycles. The van der Waals surface area contributed by atoms with E-state index in [0.717, 1.165) is 22.3 Å². The molecule has 0 aliphatic carbocycles. The Morgan fingerprint density at radius 3 is 2.62 bits per heavy atom. The molecule has 0 radical (unpaired) electrons. The summed E-state index contributed by atoms with van der Waals surface area (Å²) in [5.74, 6) is -0.0392. The van der Waals surface area contributed by atoms with Gasteiger partial charge in [0.15, 0.2) is 5.65 Å². The van der Waals surface area contributed by atoms with Gasteiger partial charge < -0.3 is 16.2 Å². The molecule has 0 bridgehead atoms. The number of hydrogen-bond donors (Lipinski definition) is 3. The van der Waals surface area contributed by atoms with Gasteiger partial charge in [-0.2, -0.15) is 10.1 Å². The van der Waals surface area contributed by atoms with E-state index in [1.807, 2.05) is 30.2 Å². The van der Waals surface area contributed by atoms with E-state index in [1.165, 1.54) is 4.52 Å². The van der Waals surface area contributed by atoms with Crippen LogP contribution < -0.4 is 11.1 Å². The van der Waals surface area contributed by atoms with Crippen LogP contribution in [0.3, 0.4) is 0 Å². The van der Waals surface area contributed by atoms with Crippen LogP contribution in [0.4, 0.5) is 5.95 Å². The van der Waals surface area contributed by atoms with Gasteiger partial charge in [-0.05, 0) is 43.9 Å². The summed E-state index contributed by atoms with van der Waals surface area (Å²) in [6, 6.07) is 3.86. The minimum Gasteiger partial charge on any atom is -0.394 e. The number of carbonyl (C=O) groups excluding carboxylic acids is 1. The number of anilines is 1. The first kappa shape index (κ1) is 23.4. The number of amides is 1. The topological polar surface area (TPSA) is 136 Å². The first-order chi connectivity index (χ1) is 16.1. The zero-order chi connectivity index (χ0) is 24.6. The maximum atomic E-state index is 13.1. The van der Waals surface area contributed by atoms with Crippen molar-refractivity contribution in [3.63, 3.8) is 0 Å². The van der Waals surface area contributed by atoms with Crippen LogP contribution in [0.15, 0.2) is 43.1 Å². The molecule has 0 saturated carbocycles. The van der Waals surface area contributed by atoms with Gasteiger partial charge in [0, 0.05) is 35.9 Å². The summed E-state index contributed by atoms with van der Waals surface area (Å²) in [5.41, 5.74) is 9.39. The lowest BCUT2D eigenvalue weighted by atomic mass is 9.97. The van der Waals surface area contributed by atoms with Crippen LogP contribution in [0.1, 0.15) is 55.2 Å². The van der Waals surface area contributed by atoms with E-state index in [0.29, 0.717) is 11.2 Å². The Labute approximate surface area is 197 Å². The zero-order valence-corrected chi connectivity index (χ0v) is 20.0. The lowest BCUT2D eigenvalue weighted by molar-refractivity contribution is 0.0870. The first-order valence-corrected chi connectivity index (χ1v) is 11.1. The van der Waals surface area contributed by atoms with Crippen LogP contribution in [-0.2, 0) is 0 Å². The summed E-state index contributed by atoms with van der Waals surface area (Å²) in [4.78, 5) is 21.6. The smallest absolute Gasteiger partial charge is 0.255 e. The number of aliphatic hydroxyl groups excluding tert-OH is 1. The Balaban J connectivity index is 1.77. The average molecular weight is 463 g/mol. The van der Waals surface area contributed by atoms with Crippen molar-refractivity contribution < 1.29 is 9.90 Å².